The van der Waals surface area contributed by atoms with E-state index in [1.165, 1.54) is 6.92 Å². The SMILES string of the molecule is CC(O)OCCO.OCCOCCO. The van der Waals surface area contributed by atoms with E-state index in [4.69, 9.17) is 20.4 Å². The van der Waals surface area contributed by atoms with Crippen molar-refractivity contribution in [1.82, 2.24) is 0 Å². The predicted molar refractivity (Wildman–Crippen MR) is 49.7 cm³/mol. The molecule has 0 aromatic heterocycles. The van der Waals surface area contributed by atoms with Crippen molar-refractivity contribution in [2.24, 2.45) is 0 Å². The number of rotatable bonds is 7. The molecule has 14 heavy (non-hydrogen) atoms. The molecule has 6 heteroatoms. The van der Waals surface area contributed by atoms with E-state index >= 15 is 0 Å². The molecular formula is C8H20O6. The first kappa shape index (κ1) is 16.2. The Balaban J connectivity index is 0. The van der Waals surface area contributed by atoms with Crippen molar-refractivity contribution >= 4 is 0 Å². The summed E-state index contributed by atoms with van der Waals surface area (Å²) in [4.78, 5) is 0. The molecule has 0 aliphatic heterocycles. The van der Waals surface area contributed by atoms with Crippen LogP contribution in [0.25, 0.3) is 0 Å². The maximum Gasteiger partial charge on any atom is 0.151 e. The van der Waals surface area contributed by atoms with Gasteiger partial charge in [-0.3, -0.25) is 0 Å². The molecule has 0 saturated heterocycles. The van der Waals surface area contributed by atoms with Crippen LogP contribution in [0, 0.1) is 0 Å². The van der Waals surface area contributed by atoms with Gasteiger partial charge in [0.05, 0.1) is 39.6 Å². The molecular weight excluding hydrogens is 192 g/mol. The first-order chi connectivity index (χ1) is 6.68. The van der Waals surface area contributed by atoms with Crippen molar-refractivity contribution in [3.05, 3.63) is 0 Å². The lowest BCUT2D eigenvalue weighted by Crippen LogP contribution is -2.09. The highest BCUT2D eigenvalue weighted by molar-refractivity contribution is 4.24. The molecule has 0 radical (unpaired) electrons. The minimum Gasteiger partial charge on any atom is -0.394 e. The van der Waals surface area contributed by atoms with Gasteiger partial charge in [-0.2, -0.15) is 0 Å². The number of hydrogen-bond acceptors (Lipinski definition) is 6. The minimum absolute atomic E-state index is 0.0278. The van der Waals surface area contributed by atoms with Gasteiger partial charge >= 0.3 is 0 Å². The first-order valence-electron chi connectivity index (χ1n) is 4.39. The summed E-state index contributed by atoms with van der Waals surface area (Å²) in [6.45, 7) is 2.36. The molecule has 0 spiro atoms. The van der Waals surface area contributed by atoms with E-state index in [0.29, 0.717) is 13.2 Å². The van der Waals surface area contributed by atoms with Gasteiger partial charge in [0.1, 0.15) is 0 Å². The summed E-state index contributed by atoms with van der Waals surface area (Å²) in [5, 5.41) is 32.6. The molecule has 0 aromatic rings. The van der Waals surface area contributed by atoms with E-state index in [2.05, 4.69) is 9.47 Å². The Hall–Kier alpha value is -0.240. The fourth-order valence-electron chi connectivity index (χ4n) is 0.454. The summed E-state index contributed by atoms with van der Waals surface area (Å²) in [5.74, 6) is 0. The van der Waals surface area contributed by atoms with Crippen LogP contribution in [0.1, 0.15) is 6.92 Å². The zero-order valence-corrected chi connectivity index (χ0v) is 8.43. The summed E-state index contributed by atoms with van der Waals surface area (Å²) in [7, 11) is 0. The molecule has 0 fully saturated rings. The molecule has 0 aliphatic rings. The number of aliphatic hydroxyl groups excluding tert-OH is 4. The fourth-order valence-corrected chi connectivity index (χ4v) is 0.454. The zero-order valence-electron chi connectivity index (χ0n) is 8.43. The fraction of sp³-hybridized carbons (Fsp3) is 1.00. The summed E-state index contributed by atoms with van der Waals surface area (Å²) in [6.07, 6.45) is -0.757. The van der Waals surface area contributed by atoms with Crippen molar-refractivity contribution < 1.29 is 29.9 Å². The third kappa shape index (κ3) is 22.6. The van der Waals surface area contributed by atoms with Crippen molar-refractivity contribution in [1.29, 1.82) is 0 Å². The standard InChI is InChI=1S/2C4H10O3/c1-4(6)7-3-2-5;5-1-3-7-4-2-6/h4-6H,2-3H2,1H3;5-6H,1-4H2. The van der Waals surface area contributed by atoms with Crippen LogP contribution in [0.4, 0.5) is 0 Å². The van der Waals surface area contributed by atoms with Gasteiger partial charge in [-0.15, -0.1) is 0 Å². The van der Waals surface area contributed by atoms with E-state index in [1.54, 1.807) is 0 Å². The summed E-state index contributed by atoms with van der Waals surface area (Å²) >= 11 is 0. The monoisotopic (exact) mass is 212 g/mol. The van der Waals surface area contributed by atoms with E-state index < -0.39 is 6.29 Å². The van der Waals surface area contributed by atoms with Gasteiger partial charge in [0.2, 0.25) is 0 Å². The van der Waals surface area contributed by atoms with Crippen LogP contribution in [-0.2, 0) is 9.47 Å². The van der Waals surface area contributed by atoms with E-state index in [-0.39, 0.29) is 26.4 Å². The molecule has 4 N–H and O–H groups in total. The summed E-state index contributed by atoms with van der Waals surface area (Å²) in [6, 6.07) is 0. The highest BCUT2D eigenvalue weighted by Crippen LogP contribution is 1.79. The van der Waals surface area contributed by atoms with Gasteiger partial charge < -0.3 is 29.9 Å². The molecule has 1 unspecified atom stereocenters. The molecule has 0 heterocycles. The van der Waals surface area contributed by atoms with E-state index in [9.17, 15) is 0 Å². The molecule has 1 atom stereocenters. The quantitative estimate of drug-likeness (QED) is 0.297. The second-order valence-corrected chi connectivity index (χ2v) is 2.25. The lowest BCUT2D eigenvalue weighted by Gasteiger charge is -2.01. The molecule has 0 aromatic carbocycles. The summed E-state index contributed by atoms with van der Waals surface area (Å²) < 4.78 is 9.13. The van der Waals surface area contributed by atoms with Crippen LogP contribution in [0.5, 0.6) is 0 Å². The van der Waals surface area contributed by atoms with Crippen LogP contribution in [0.2, 0.25) is 0 Å². The number of aliphatic hydroxyl groups is 4. The van der Waals surface area contributed by atoms with Gasteiger partial charge in [-0.1, -0.05) is 0 Å². The molecule has 0 amide bonds. The van der Waals surface area contributed by atoms with Crippen molar-refractivity contribution in [2.75, 3.05) is 39.6 Å². The second-order valence-electron chi connectivity index (χ2n) is 2.25. The van der Waals surface area contributed by atoms with Crippen LogP contribution in [0.15, 0.2) is 0 Å². The largest absolute Gasteiger partial charge is 0.394 e. The van der Waals surface area contributed by atoms with Crippen LogP contribution in [0.3, 0.4) is 0 Å². The Bertz CT molecular complexity index is 83.9. The van der Waals surface area contributed by atoms with E-state index in [1.807, 2.05) is 0 Å². The van der Waals surface area contributed by atoms with Gasteiger partial charge in [0.25, 0.3) is 0 Å². The van der Waals surface area contributed by atoms with Crippen molar-refractivity contribution in [3.8, 4) is 0 Å². The average Bonchev–Trinajstić information content (AvgIpc) is 2.16. The molecule has 0 saturated carbocycles. The third-order valence-electron chi connectivity index (χ3n) is 0.922. The normalized spacial score (nSPS) is 11.8. The van der Waals surface area contributed by atoms with Crippen LogP contribution >= 0.6 is 0 Å². The topological polar surface area (TPSA) is 99.4 Å². The Morgan fingerprint density at radius 1 is 0.929 bits per heavy atom. The minimum atomic E-state index is -0.757. The highest BCUT2D eigenvalue weighted by Gasteiger charge is 1.89. The molecule has 0 bridgehead atoms. The third-order valence-corrected chi connectivity index (χ3v) is 0.922. The molecule has 0 aliphatic carbocycles. The van der Waals surface area contributed by atoms with Gasteiger partial charge in [-0.05, 0) is 6.92 Å². The van der Waals surface area contributed by atoms with Crippen molar-refractivity contribution in [2.45, 2.75) is 13.2 Å². The molecule has 88 valence electrons. The maximum absolute atomic E-state index is 8.35. The Morgan fingerprint density at radius 2 is 1.36 bits per heavy atom. The van der Waals surface area contributed by atoms with Gasteiger partial charge in [-0.25, -0.2) is 0 Å². The highest BCUT2D eigenvalue weighted by atomic mass is 16.6. The molecule has 0 rings (SSSR count). The first-order valence-corrected chi connectivity index (χ1v) is 4.39. The Kier molecular flexibility index (Phi) is 17.6. The van der Waals surface area contributed by atoms with Gasteiger partial charge in [0.15, 0.2) is 6.29 Å². The zero-order chi connectivity index (χ0) is 11.2. The van der Waals surface area contributed by atoms with E-state index in [0.717, 1.165) is 0 Å². The van der Waals surface area contributed by atoms with Crippen LogP contribution in [-0.4, -0.2) is 66.4 Å². The Labute approximate surface area is 83.7 Å². The smallest absolute Gasteiger partial charge is 0.151 e. The maximum atomic E-state index is 8.35. The Morgan fingerprint density at radius 3 is 1.57 bits per heavy atom. The number of hydrogen-bond donors (Lipinski definition) is 4. The lowest BCUT2D eigenvalue weighted by atomic mass is 10.7. The predicted octanol–water partition coefficient (Wildman–Crippen LogP) is -1.68. The molecule has 6 nitrogen and oxygen atoms in total. The van der Waals surface area contributed by atoms with Crippen LogP contribution < -0.4 is 0 Å². The lowest BCUT2D eigenvalue weighted by molar-refractivity contribution is -0.0932. The van der Waals surface area contributed by atoms with Crippen molar-refractivity contribution in [3.63, 3.8) is 0 Å². The second kappa shape index (κ2) is 15.2. The average molecular weight is 212 g/mol. The van der Waals surface area contributed by atoms with Gasteiger partial charge in [0, 0.05) is 0 Å². The number of ether oxygens (including phenoxy) is 2. The summed E-state index contributed by atoms with van der Waals surface area (Å²) in [5.41, 5.74) is 0.